The van der Waals surface area contributed by atoms with Crippen molar-refractivity contribution in [3.05, 3.63) is 12.3 Å². The Balaban J connectivity index is 2.83. The second-order valence-corrected chi connectivity index (χ2v) is 2.30. The second-order valence-electron chi connectivity index (χ2n) is 2.30. The highest BCUT2D eigenvalue weighted by Gasteiger charge is 1.88. The number of aliphatic hydroxyl groups is 1. The van der Waals surface area contributed by atoms with Gasteiger partial charge in [0.2, 0.25) is 0 Å². The van der Waals surface area contributed by atoms with Gasteiger partial charge in [-0.1, -0.05) is 26.2 Å². The van der Waals surface area contributed by atoms with E-state index in [2.05, 4.69) is 6.92 Å². The number of unbranched alkanes of at least 4 members (excludes halogenated alkanes) is 3. The van der Waals surface area contributed by atoms with Crippen LogP contribution in [0.25, 0.3) is 0 Å². The lowest BCUT2D eigenvalue weighted by Crippen LogP contribution is -1.79. The standard InChI is InChI=1S/C8H15O/c1-3-4-5-6-7-8(2)9/h2,9H,3-7H2,1H3. The van der Waals surface area contributed by atoms with E-state index >= 15 is 0 Å². The summed E-state index contributed by atoms with van der Waals surface area (Å²) in [7, 11) is 0. The van der Waals surface area contributed by atoms with Crippen LogP contribution in [0.2, 0.25) is 0 Å². The van der Waals surface area contributed by atoms with Crippen LogP contribution in [0, 0.1) is 6.58 Å². The van der Waals surface area contributed by atoms with Crippen LogP contribution in [0.15, 0.2) is 5.76 Å². The Hall–Kier alpha value is -0.460. The third kappa shape index (κ3) is 7.54. The Bertz CT molecular complexity index is 76.6. The molecule has 0 heterocycles. The van der Waals surface area contributed by atoms with E-state index in [1.807, 2.05) is 0 Å². The zero-order valence-electron chi connectivity index (χ0n) is 6.06. The average molecular weight is 127 g/mol. The summed E-state index contributed by atoms with van der Waals surface area (Å²) in [6.45, 7) is 7.21. The van der Waals surface area contributed by atoms with Crippen LogP contribution >= 0.6 is 0 Å². The van der Waals surface area contributed by atoms with E-state index in [1.165, 1.54) is 19.3 Å². The van der Waals surface area contributed by atoms with Crippen molar-refractivity contribution >= 4 is 0 Å². The molecule has 0 bridgehead atoms. The molecule has 0 aromatic rings. The molecular weight excluding hydrogens is 112 g/mol. The molecule has 1 N–H and O–H groups in total. The van der Waals surface area contributed by atoms with Gasteiger partial charge in [-0.15, -0.1) is 0 Å². The molecule has 0 aliphatic carbocycles. The van der Waals surface area contributed by atoms with Gasteiger partial charge in [-0.3, -0.25) is 0 Å². The Morgan fingerprint density at radius 3 is 2.44 bits per heavy atom. The van der Waals surface area contributed by atoms with Gasteiger partial charge in [0.15, 0.2) is 0 Å². The lowest BCUT2D eigenvalue weighted by molar-refractivity contribution is 0.381. The summed E-state index contributed by atoms with van der Waals surface area (Å²) in [6.07, 6.45) is 5.34. The minimum Gasteiger partial charge on any atom is -0.512 e. The maximum Gasteiger partial charge on any atom is 0.0923 e. The quantitative estimate of drug-likeness (QED) is 0.444. The summed E-state index contributed by atoms with van der Waals surface area (Å²) in [5.74, 6) is 0.0751. The molecule has 0 unspecified atom stereocenters. The Labute approximate surface area is 57.4 Å². The summed E-state index contributed by atoms with van der Waals surface area (Å²) in [4.78, 5) is 0. The molecule has 9 heavy (non-hydrogen) atoms. The number of aliphatic hydroxyl groups excluding tert-OH is 1. The third-order valence-corrected chi connectivity index (χ3v) is 1.29. The van der Waals surface area contributed by atoms with E-state index in [4.69, 9.17) is 11.7 Å². The fourth-order valence-corrected chi connectivity index (χ4v) is 0.733. The highest BCUT2D eigenvalue weighted by atomic mass is 16.3. The fraction of sp³-hybridized carbons (Fsp3) is 0.750. The Morgan fingerprint density at radius 2 is 2.00 bits per heavy atom. The maximum absolute atomic E-state index is 8.55. The summed E-state index contributed by atoms with van der Waals surface area (Å²) in [5, 5.41) is 8.55. The Morgan fingerprint density at radius 1 is 1.33 bits per heavy atom. The van der Waals surface area contributed by atoms with Gasteiger partial charge in [0.1, 0.15) is 0 Å². The highest BCUT2D eigenvalue weighted by Crippen LogP contribution is 2.05. The van der Waals surface area contributed by atoms with E-state index in [0.29, 0.717) is 6.42 Å². The molecule has 0 aliphatic rings. The minimum atomic E-state index is 0.0751. The first-order valence-corrected chi connectivity index (χ1v) is 3.57. The van der Waals surface area contributed by atoms with E-state index in [0.717, 1.165) is 6.42 Å². The van der Waals surface area contributed by atoms with Crippen molar-refractivity contribution in [1.29, 1.82) is 0 Å². The monoisotopic (exact) mass is 127 g/mol. The van der Waals surface area contributed by atoms with Crippen molar-refractivity contribution in [2.45, 2.75) is 39.0 Å². The van der Waals surface area contributed by atoms with Crippen molar-refractivity contribution in [3.8, 4) is 0 Å². The van der Waals surface area contributed by atoms with E-state index in [1.54, 1.807) is 0 Å². The molecule has 0 atom stereocenters. The number of hydrogen-bond acceptors (Lipinski definition) is 1. The predicted molar refractivity (Wildman–Crippen MR) is 39.2 cm³/mol. The lowest BCUT2D eigenvalue weighted by Gasteiger charge is -1.95. The summed E-state index contributed by atoms with van der Waals surface area (Å²) >= 11 is 0. The van der Waals surface area contributed by atoms with Crippen LogP contribution < -0.4 is 0 Å². The van der Waals surface area contributed by atoms with Gasteiger partial charge in [0.25, 0.3) is 0 Å². The van der Waals surface area contributed by atoms with E-state index < -0.39 is 0 Å². The van der Waals surface area contributed by atoms with Crippen LogP contribution in [0.5, 0.6) is 0 Å². The van der Waals surface area contributed by atoms with Gasteiger partial charge in [0.05, 0.1) is 5.76 Å². The normalized spacial score (nSPS) is 9.44. The minimum absolute atomic E-state index is 0.0751. The van der Waals surface area contributed by atoms with E-state index in [-0.39, 0.29) is 5.76 Å². The molecule has 0 aromatic heterocycles. The molecule has 53 valence electrons. The van der Waals surface area contributed by atoms with Crippen LogP contribution in [0.1, 0.15) is 39.0 Å². The smallest absolute Gasteiger partial charge is 0.0923 e. The molecule has 0 amide bonds. The topological polar surface area (TPSA) is 20.2 Å². The predicted octanol–water partition coefficient (Wildman–Crippen LogP) is 2.83. The summed E-state index contributed by atoms with van der Waals surface area (Å²) in [6, 6.07) is 0. The van der Waals surface area contributed by atoms with Crippen molar-refractivity contribution < 1.29 is 5.11 Å². The first-order chi connectivity index (χ1) is 4.27. The number of rotatable bonds is 5. The molecular formula is C8H15O. The summed E-state index contributed by atoms with van der Waals surface area (Å²) in [5.41, 5.74) is 0. The van der Waals surface area contributed by atoms with Gasteiger partial charge < -0.3 is 5.11 Å². The van der Waals surface area contributed by atoms with Crippen molar-refractivity contribution in [1.82, 2.24) is 0 Å². The lowest BCUT2D eigenvalue weighted by atomic mass is 10.1. The van der Waals surface area contributed by atoms with Gasteiger partial charge in [0, 0.05) is 6.42 Å². The maximum atomic E-state index is 8.55. The summed E-state index contributed by atoms with van der Waals surface area (Å²) < 4.78 is 0. The van der Waals surface area contributed by atoms with Gasteiger partial charge in [-0.2, -0.15) is 0 Å². The highest BCUT2D eigenvalue weighted by molar-refractivity contribution is 4.73. The second kappa shape index (κ2) is 5.67. The van der Waals surface area contributed by atoms with Crippen molar-refractivity contribution in [2.75, 3.05) is 0 Å². The van der Waals surface area contributed by atoms with Crippen molar-refractivity contribution in [3.63, 3.8) is 0 Å². The molecule has 1 nitrogen and oxygen atoms in total. The van der Waals surface area contributed by atoms with Gasteiger partial charge >= 0.3 is 0 Å². The first-order valence-electron chi connectivity index (χ1n) is 3.57. The molecule has 0 spiro atoms. The molecule has 0 saturated heterocycles. The number of allylic oxidation sites excluding steroid dienone is 1. The zero-order chi connectivity index (χ0) is 7.11. The zero-order valence-corrected chi connectivity index (χ0v) is 6.06. The molecule has 0 rings (SSSR count). The molecule has 0 aromatic carbocycles. The Kier molecular flexibility index (Phi) is 5.38. The van der Waals surface area contributed by atoms with Crippen LogP contribution in [-0.4, -0.2) is 5.11 Å². The van der Waals surface area contributed by atoms with Crippen LogP contribution in [-0.2, 0) is 0 Å². The largest absolute Gasteiger partial charge is 0.512 e. The first kappa shape index (κ1) is 8.54. The third-order valence-electron chi connectivity index (χ3n) is 1.29. The van der Waals surface area contributed by atoms with E-state index in [9.17, 15) is 0 Å². The number of hydrogen-bond donors (Lipinski definition) is 1. The SMILES string of the molecule is [CH]=C(O)CCCCCC. The van der Waals surface area contributed by atoms with Crippen LogP contribution in [0.4, 0.5) is 0 Å². The van der Waals surface area contributed by atoms with Gasteiger partial charge in [-0.05, 0) is 13.0 Å². The van der Waals surface area contributed by atoms with Crippen molar-refractivity contribution in [2.24, 2.45) is 0 Å². The van der Waals surface area contributed by atoms with Gasteiger partial charge in [-0.25, -0.2) is 0 Å². The average Bonchev–Trinajstić information content (AvgIpc) is 1.80. The molecule has 1 radical (unpaired) electrons. The molecule has 0 fully saturated rings. The molecule has 0 saturated carbocycles. The molecule has 1 heteroatoms. The molecule has 0 aliphatic heterocycles. The fourth-order valence-electron chi connectivity index (χ4n) is 0.733. The van der Waals surface area contributed by atoms with Crippen LogP contribution in [0.3, 0.4) is 0 Å².